The maximum atomic E-state index is 11.8. The van der Waals surface area contributed by atoms with Gasteiger partial charge in [-0.25, -0.2) is 0 Å². The Bertz CT molecular complexity index is 213. The molecule has 0 aliphatic carbocycles. The highest BCUT2D eigenvalue weighted by Crippen LogP contribution is 2.10. The van der Waals surface area contributed by atoms with E-state index in [-0.39, 0.29) is 17.9 Å². The molecule has 3 N–H and O–H groups in total. The highest BCUT2D eigenvalue weighted by molar-refractivity contribution is 5.78. The fourth-order valence-corrected chi connectivity index (χ4v) is 2.16. The first-order valence-corrected chi connectivity index (χ1v) is 6.26. The third-order valence-electron chi connectivity index (χ3n) is 3.04. The molecule has 4 nitrogen and oxygen atoms in total. The summed E-state index contributed by atoms with van der Waals surface area (Å²) >= 11 is 0. The normalized spacial score (nSPS) is 24.8. The summed E-state index contributed by atoms with van der Waals surface area (Å²) in [6.45, 7) is 6.33. The monoisotopic (exact) mass is 228 g/mol. The highest BCUT2D eigenvalue weighted by Gasteiger charge is 2.20. The second-order valence-corrected chi connectivity index (χ2v) is 4.98. The van der Waals surface area contributed by atoms with Gasteiger partial charge >= 0.3 is 0 Å². The Labute approximate surface area is 97.8 Å². The van der Waals surface area contributed by atoms with E-state index in [1.807, 2.05) is 6.92 Å². The van der Waals surface area contributed by atoms with Crippen molar-refractivity contribution in [3.05, 3.63) is 0 Å². The van der Waals surface area contributed by atoms with E-state index in [0.717, 1.165) is 32.4 Å². The van der Waals surface area contributed by atoms with Crippen LogP contribution >= 0.6 is 0 Å². The summed E-state index contributed by atoms with van der Waals surface area (Å²) in [5.74, 6) is 0.623. The predicted octanol–water partition coefficient (Wildman–Crippen LogP) is 0.509. The summed E-state index contributed by atoms with van der Waals surface area (Å²) in [6, 6.07) is 0. The minimum absolute atomic E-state index is 0.132. The molecule has 1 heterocycles. The molecule has 0 radical (unpaired) electrons. The van der Waals surface area contributed by atoms with Gasteiger partial charge in [-0.1, -0.05) is 6.92 Å². The molecule has 3 unspecified atom stereocenters. The number of nitrogens with one attached hydrogen (secondary N) is 2. The zero-order valence-electron chi connectivity index (χ0n) is 10.3. The minimum atomic E-state index is -0.289. The van der Waals surface area contributed by atoms with Gasteiger partial charge in [0.2, 0.25) is 5.91 Å². The van der Waals surface area contributed by atoms with Crippen LogP contribution in [-0.4, -0.2) is 36.8 Å². The molecular formula is C12H24N2O2. The molecule has 1 saturated heterocycles. The third-order valence-corrected chi connectivity index (χ3v) is 3.04. The predicted molar refractivity (Wildman–Crippen MR) is 64.1 cm³/mol. The summed E-state index contributed by atoms with van der Waals surface area (Å²) in [6.07, 6.45) is 2.52. The Morgan fingerprint density at radius 2 is 2.31 bits per heavy atom. The number of aliphatic hydroxyl groups excluding tert-OH is 1. The van der Waals surface area contributed by atoms with Crippen molar-refractivity contribution in [3.8, 4) is 0 Å². The average molecular weight is 228 g/mol. The van der Waals surface area contributed by atoms with Crippen LogP contribution in [0.3, 0.4) is 0 Å². The van der Waals surface area contributed by atoms with Crippen LogP contribution in [-0.2, 0) is 4.79 Å². The van der Waals surface area contributed by atoms with Crippen molar-refractivity contribution in [3.63, 3.8) is 0 Å². The van der Waals surface area contributed by atoms with E-state index in [9.17, 15) is 9.90 Å². The number of hydrogen-bond acceptors (Lipinski definition) is 3. The highest BCUT2D eigenvalue weighted by atomic mass is 16.3. The van der Waals surface area contributed by atoms with E-state index in [1.165, 1.54) is 0 Å². The van der Waals surface area contributed by atoms with Crippen LogP contribution in [0.1, 0.15) is 33.1 Å². The second kappa shape index (κ2) is 6.86. The van der Waals surface area contributed by atoms with Crippen LogP contribution in [0.2, 0.25) is 0 Å². The van der Waals surface area contributed by atoms with Crippen molar-refractivity contribution >= 4 is 5.91 Å². The van der Waals surface area contributed by atoms with E-state index < -0.39 is 0 Å². The molecule has 0 saturated carbocycles. The van der Waals surface area contributed by atoms with Crippen LogP contribution in [0, 0.1) is 11.8 Å². The fraction of sp³-hybridized carbons (Fsp3) is 0.917. The first-order valence-electron chi connectivity index (χ1n) is 6.26. The first-order chi connectivity index (χ1) is 7.59. The number of rotatable bonds is 5. The van der Waals surface area contributed by atoms with Crippen molar-refractivity contribution in [2.45, 2.75) is 39.2 Å². The Morgan fingerprint density at radius 1 is 1.56 bits per heavy atom. The van der Waals surface area contributed by atoms with E-state index in [0.29, 0.717) is 12.5 Å². The SMILES string of the molecule is CC(O)CC(C)CNC(=O)C1CCCNC1. The van der Waals surface area contributed by atoms with Gasteiger partial charge in [0.15, 0.2) is 0 Å². The summed E-state index contributed by atoms with van der Waals surface area (Å²) in [7, 11) is 0. The molecule has 16 heavy (non-hydrogen) atoms. The molecule has 0 bridgehead atoms. The number of amides is 1. The lowest BCUT2D eigenvalue weighted by atomic mass is 9.98. The molecular weight excluding hydrogens is 204 g/mol. The number of carbonyl (C=O) groups excluding carboxylic acids is 1. The molecule has 1 amide bonds. The molecule has 3 atom stereocenters. The van der Waals surface area contributed by atoms with Crippen molar-refractivity contribution < 1.29 is 9.90 Å². The van der Waals surface area contributed by atoms with Crippen molar-refractivity contribution in [2.24, 2.45) is 11.8 Å². The summed E-state index contributed by atoms with van der Waals surface area (Å²) in [4.78, 5) is 11.8. The maximum absolute atomic E-state index is 11.8. The summed E-state index contributed by atoms with van der Waals surface area (Å²) in [5.41, 5.74) is 0. The topological polar surface area (TPSA) is 61.4 Å². The maximum Gasteiger partial charge on any atom is 0.224 e. The van der Waals surface area contributed by atoms with Crippen LogP contribution in [0.4, 0.5) is 0 Å². The molecule has 0 aromatic carbocycles. The Balaban J connectivity index is 2.18. The summed E-state index contributed by atoms with van der Waals surface area (Å²) in [5, 5.41) is 15.4. The molecule has 1 rings (SSSR count). The first kappa shape index (κ1) is 13.5. The Hall–Kier alpha value is -0.610. The minimum Gasteiger partial charge on any atom is -0.393 e. The van der Waals surface area contributed by atoms with E-state index in [2.05, 4.69) is 10.6 Å². The molecule has 4 heteroatoms. The van der Waals surface area contributed by atoms with E-state index in [1.54, 1.807) is 6.92 Å². The zero-order chi connectivity index (χ0) is 12.0. The Morgan fingerprint density at radius 3 is 2.88 bits per heavy atom. The van der Waals surface area contributed by atoms with Gasteiger partial charge in [0.05, 0.1) is 12.0 Å². The van der Waals surface area contributed by atoms with Gasteiger partial charge in [-0.2, -0.15) is 0 Å². The number of piperidine rings is 1. The van der Waals surface area contributed by atoms with Gasteiger partial charge in [-0.3, -0.25) is 4.79 Å². The summed E-state index contributed by atoms with van der Waals surface area (Å²) < 4.78 is 0. The largest absolute Gasteiger partial charge is 0.393 e. The van der Waals surface area contributed by atoms with Crippen molar-refractivity contribution in [2.75, 3.05) is 19.6 Å². The molecule has 1 aliphatic rings. The van der Waals surface area contributed by atoms with Crippen molar-refractivity contribution in [1.82, 2.24) is 10.6 Å². The molecule has 0 spiro atoms. The smallest absolute Gasteiger partial charge is 0.224 e. The zero-order valence-corrected chi connectivity index (χ0v) is 10.3. The van der Waals surface area contributed by atoms with Crippen LogP contribution < -0.4 is 10.6 Å². The standard InChI is InChI=1S/C12H24N2O2/c1-9(6-10(2)15)7-14-12(16)11-4-3-5-13-8-11/h9-11,13,15H,3-8H2,1-2H3,(H,14,16). The number of aliphatic hydroxyl groups is 1. The Kier molecular flexibility index (Phi) is 5.77. The van der Waals surface area contributed by atoms with Gasteiger partial charge in [-0.05, 0) is 38.6 Å². The lowest BCUT2D eigenvalue weighted by Crippen LogP contribution is -2.41. The lowest BCUT2D eigenvalue weighted by Gasteiger charge is -2.23. The van der Waals surface area contributed by atoms with Gasteiger partial charge in [0.1, 0.15) is 0 Å². The molecule has 0 aromatic rings. The average Bonchev–Trinajstić information content (AvgIpc) is 2.26. The van der Waals surface area contributed by atoms with E-state index >= 15 is 0 Å². The fourth-order valence-electron chi connectivity index (χ4n) is 2.16. The van der Waals surface area contributed by atoms with Crippen molar-refractivity contribution in [1.29, 1.82) is 0 Å². The van der Waals surface area contributed by atoms with Gasteiger partial charge in [-0.15, -0.1) is 0 Å². The quantitative estimate of drug-likeness (QED) is 0.642. The molecule has 0 aromatic heterocycles. The molecule has 1 fully saturated rings. The molecule has 1 aliphatic heterocycles. The second-order valence-electron chi connectivity index (χ2n) is 4.98. The van der Waals surface area contributed by atoms with Crippen LogP contribution in [0.15, 0.2) is 0 Å². The van der Waals surface area contributed by atoms with Gasteiger partial charge < -0.3 is 15.7 Å². The van der Waals surface area contributed by atoms with Crippen LogP contribution in [0.25, 0.3) is 0 Å². The third kappa shape index (κ3) is 4.94. The molecule has 94 valence electrons. The number of hydrogen-bond donors (Lipinski definition) is 3. The lowest BCUT2D eigenvalue weighted by molar-refractivity contribution is -0.125. The van der Waals surface area contributed by atoms with Crippen LogP contribution in [0.5, 0.6) is 0 Å². The van der Waals surface area contributed by atoms with E-state index in [4.69, 9.17) is 0 Å². The number of carbonyl (C=O) groups is 1. The van der Waals surface area contributed by atoms with Gasteiger partial charge in [0.25, 0.3) is 0 Å². The van der Waals surface area contributed by atoms with Gasteiger partial charge in [0, 0.05) is 13.1 Å².